The molecular formula is C9H6BrF2N3. The highest BCUT2D eigenvalue weighted by Crippen LogP contribution is 2.27. The first-order valence-electron chi connectivity index (χ1n) is 4.04. The van der Waals surface area contributed by atoms with Gasteiger partial charge in [0.1, 0.15) is 5.82 Å². The normalized spacial score (nSPS) is 10.6. The molecule has 0 spiro atoms. The van der Waals surface area contributed by atoms with Crippen molar-refractivity contribution in [2.45, 2.75) is 0 Å². The van der Waals surface area contributed by atoms with Crippen LogP contribution in [0, 0.1) is 11.6 Å². The number of hydrogen-bond acceptors (Lipinski definition) is 2. The van der Waals surface area contributed by atoms with Gasteiger partial charge < -0.3 is 5.73 Å². The molecule has 0 radical (unpaired) electrons. The van der Waals surface area contributed by atoms with E-state index in [9.17, 15) is 8.78 Å². The summed E-state index contributed by atoms with van der Waals surface area (Å²) in [4.78, 5) is 0. The van der Waals surface area contributed by atoms with Crippen LogP contribution in [-0.2, 0) is 0 Å². The van der Waals surface area contributed by atoms with Crippen LogP contribution in [0.3, 0.4) is 0 Å². The monoisotopic (exact) mass is 273 g/mol. The number of benzene rings is 1. The molecule has 2 aromatic rings. The maximum atomic E-state index is 13.5. The first-order chi connectivity index (χ1) is 7.09. The highest BCUT2D eigenvalue weighted by molar-refractivity contribution is 9.10. The second-order valence-electron chi connectivity index (χ2n) is 2.93. The van der Waals surface area contributed by atoms with E-state index in [2.05, 4.69) is 26.1 Å². The number of anilines is 1. The fourth-order valence-electron chi connectivity index (χ4n) is 1.21. The lowest BCUT2D eigenvalue weighted by molar-refractivity contribution is 0.506. The fourth-order valence-corrected chi connectivity index (χ4v) is 1.52. The van der Waals surface area contributed by atoms with Gasteiger partial charge in [-0.3, -0.25) is 5.10 Å². The van der Waals surface area contributed by atoms with Crippen molar-refractivity contribution in [1.82, 2.24) is 10.2 Å². The number of aromatic amines is 1. The van der Waals surface area contributed by atoms with Gasteiger partial charge in [0.2, 0.25) is 0 Å². The zero-order valence-electron chi connectivity index (χ0n) is 7.39. The Kier molecular flexibility index (Phi) is 2.44. The summed E-state index contributed by atoms with van der Waals surface area (Å²) in [6.07, 6.45) is 0. The van der Waals surface area contributed by atoms with Gasteiger partial charge >= 0.3 is 0 Å². The highest BCUT2D eigenvalue weighted by Gasteiger charge is 2.14. The Hall–Kier alpha value is -1.43. The molecule has 0 amide bonds. The van der Waals surface area contributed by atoms with Crippen LogP contribution in [0.25, 0.3) is 11.3 Å². The molecule has 0 saturated carbocycles. The first kappa shape index (κ1) is 10.1. The Balaban J connectivity index is 2.59. The molecule has 1 aromatic heterocycles. The van der Waals surface area contributed by atoms with Gasteiger partial charge in [0.05, 0.1) is 10.2 Å². The Bertz CT molecular complexity index is 510. The highest BCUT2D eigenvalue weighted by atomic mass is 79.9. The number of H-pyrrole nitrogens is 1. The number of nitrogens with one attached hydrogen (secondary N) is 1. The lowest BCUT2D eigenvalue weighted by Gasteiger charge is -2.02. The molecule has 78 valence electrons. The number of nitrogens with two attached hydrogens (primary N) is 1. The maximum Gasteiger partial charge on any atom is 0.173 e. The zero-order valence-corrected chi connectivity index (χ0v) is 8.98. The van der Waals surface area contributed by atoms with Gasteiger partial charge in [-0.05, 0) is 28.1 Å². The number of nitrogen functional groups attached to an aromatic ring is 1. The second kappa shape index (κ2) is 3.62. The van der Waals surface area contributed by atoms with Crippen LogP contribution in [0.4, 0.5) is 14.6 Å². The van der Waals surface area contributed by atoms with Gasteiger partial charge in [-0.25, -0.2) is 8.78 Å². The van der Waals surface area contributed by atoms with Crippen LogP contribution in [0.1, 0.15) is 0 Å². The molecule has 3 nitrogen and oxygen atoms in total. The third-order valence-electron chi connectivity index (χ3n) is 1.92. The number of aromatic nitrogens is 2. The number of rotatable bonds is 1. The second-order valence-corrected chi connectivity index (χ2v) is 3.78. The number of hydrogen-bond donors (Lipinski definition) is 2. The van der Waals surface area contributed by atoms with Crippen LogP contribution < -0.4 is 5.73 Å². The van der Waals surface area contributed by atoms with Gasteiger partial charge in [0, 0.05) is 11.6 Å². The predicted octanol–water partition coefficient (Wildman–Crippen LogP) is 2.70. The third kappa shape index (κ3) is 1.72. The molecule has 0 saturated heterocycles. The summed E-state index contributed by atoms with van der Waals surface area (Å²) in [6, 6.07) is 4.30. The number of nitrogens with zero attached hydrogens (tertiary/aromatic N) is 1. The minimum atomic E-state index is -0.937. The SMILES string of the molecule is Nc1cc(-c2ccc(Br)c(F)c2F)[nH]n1. The molecule has 0 aliphatic carbocycles. The average molecular weight is 274 g/mol. The van der Waals surface area contributed by atoms with E-state index in [1.165, 1.54) is 18.2 Å². The smallest absolute Gasteiger partial charge is 0.173 e. The van der Waals surface area contributed by atoms with Gasteiger partial charge in [-0.2, -0.15) is 5.10 Å². The van der Waals surface area contributed by atoms with Crippen molar-refractivity contribution in [2.75, 3.05) is 5.73 Å². The minimum absolute atomic E-state index is 0.0798. The molecule has 0 aliphatic rings. The van der Waals surface area contributed by atoms with Crippen LogP contribution in [-0.4, -0.2) is 10.2 Å². The van der Waals surface area contributed by atoms with Crippen molar-refractivity contribution < 1.29 is 8.78 Å². The quantitative estimate of drug-likeness (QED) is 0.785. The molecule has 6 heteroatoms. The average Bonchev–Trinajstić information content (AvgIpc) is 2.61. The standard InChI is InChI=1S/C9H6BrF2N3/c10-5-2-1-4(8(11)9(5)12)6-3-7(13)15-14-6/h1-3H,(H3,13,14,15). The van der Waals surface area contributed by atoms with E-state index in [1.54, 1.807) is 0 Å². The van der Waals surface area contributed by atoms with E-state index in [0.717, 1.165) is 0 Å². The largest absolute Gasteiger partial charge is 0.382 e. The maximum absolute atomic E-state index is 13.5. The molecule has 0 bridgehead atoms. The Morgan fingerprint density at radius 1 is 1.27 bits per heavy atom. The summed E-state index contributed by atoms with van der Waals surface area (Å²) in [5.74, 6) is -1.64. The lowest BCUT2D eigenvalue weighted by Crippen LogP contribution is -1.91. The van der Waals surface area contributed by atoms with E-state index >= 15 is 0 Å². The topological polar surface area (TPSA) is 54.7 Å². The fraction of sp³-hybridized carbons (Fsp3) is 0. The summed E-state index contributed by atoms with van der Waals surface area (Å²) in [5.41, 5.74) is 5.81. The predicted molar refractivity (Wildman–Crippen MR) is 56.1 cm³/mol. The van der Waals surface area contributed by atoms with Crippen molar-refractivity contribution in [2.24, 2.45) is 0 Å². The van der Waals surface area contributed by atoms with Crippen LogP contribution in [0.5, 0.6) is 0 Å². The van der Waals surface area contributed by atoms with Crippen LogP contribution in [0.15, 0.2) is 22.7 Å². The van der Waals surface area contributed by atoms with E-state index in [0.29, 0.717) is 5.69 Å². The van der Waals surface area contributed by atoms with Gasteiger partial charge in [-0.15, -0.1) is 0 Å². The lowest BCUT2D eigenvalue weighted by atomic mass is 10.1. The molecule has 15 heavy (non-hydrogen) atoms. The van der Waals surface area contributed by atoms with Crippen LogP contribution >= 0.6 is 15.9 Å². The molecule has 0 fully saturated rings. The Morgan fingerprint density at radius 3 is 2.60 bits per heavy atom. The molecule has 2 rings (SSSR count). The summed E-state index contributed by atoms with van der Waals surface area (Å²) in [7, 11) is 0. The first-order valence-corrected chi connectivity index (χ1v) is 4.83. The van der Waals surface area contributed by atoms with Crippen molar-refractivity contribution in [3.63, 3.8) is 0 Å². The van der Waals surface area contributed by atoms with E-state index in [4.69, 9.17) is 5.73 Å². The molecule has 0 unspecified atom stereocenters. The Morgan fingerprint density at radius 2 is 2.00 bits per heavy atom. The van der Waals surface area contributed by atoms with Crippen molar-refractivity contribution in [3.8, 4) is 11.3 Å². The minimum Gasteiger partial charge on any atom is -0.382 e. The zero-order chi connectivity index (χ0) is 11.0. The number of halogens is 3. The van der Waals surface area contributed by atoms with Crippen molar-refractivity contribution >= 4 is 21.7 Å². The summed E-state index contributed by atoms with van der Waals surface area (Å²) >= 11 is 2.89. The molecule has 1 heterocycles. The van der Waals surface area contributed by atoms with Crippen LogP contribution in [0.2, 0.25) is 0 Å². The van der Waals surface area contributed by atoms with E-state index in [-0.39, 0.29) is 15.9 Å². The molecule has 0 atom stereocenters. The molecular weight excluding hydrogens is 268 g/mol. The van der Waals surface area contributed by atoms with Gasteiger partial charge in [0.15, 0.2) is 11.6 Å². The summed E-state index contributed by atoms with van der Waals surface area (Å²) in [5, 5.41) is 6.15. The van der Waals surface area contributed by atoms with Crippen molar-refractivity contribution in [1.29, 1.82) is 0 Å². The molecule has 1 aromatic carbocycles. The van der Waals surface area contributed by atoms with Crippen molar-refractivity contribution in [3.05, 3.63) is 34.3 Å². The summed E-state index contributed by atoms with van der Waals surface area (Å²) in [6.45, 7) is 0. The van der Waals surface area contributed by atoms with Gasteiger partial charge in [-0.1, -0.05) is 0 Å². The molecule has 0 aliphatic heterocycles. The van der Waals surface area contributed by atoms with E-state index in [1.807, 2.05) is 0 Å². The Labute approximate surface area is 92.4 Å². The van der Waals surface area contributed by atoms with E-state index < -0.39 is 11.6 Å². The summed E-state index contributed by atoms with van der Waals surface area (Å²) < 4.78 is 26.7. The molecule has 3 N–H and O–H groups in total. The third-order valence-corrected chi connectivity index (χ3v) is 2.54. The van der Waals surface area contributed by atoms with Gasteiger partial charge in [0.25, 0.3) is 0 Å².